The molecule has 0 aromatic heterocycles. The maximum atomic E-state index is 13.0. The van der Waals surface area contributed by atoms with E-state index in [1.807, 2.05) is 18.2 Å². The number of methoxy groups -OCH3 is 1. The lowest BCUT2D eigenvalue weighted by Gasteiger charge is -2.55. The molecule has 5 nitrogen and oxygen atoms in total. The van der Waals surface area contributed by atoms with Crippen molar-refractivity contribution in [2.45, 2.75) is 64.7 Å². The first-order valence-electron chi connectivity index (χ1n) is 11.0. The second-order valence-electron chi connectivity index (χ2n) is 10.6. The van der Waals surface area contributed by atoms with Crippen molar-refractivity contribution in [3.63, 3.8) is 0 Å². The number of nitrogens with one attached hydrogen (secondary N) is 2. The summed E-state index contributed by atoms with van der Waals surface area (Å²) in [7, 11) is 1.59. The molecule has 0 heterocycles. The fourth-order valence-corrected chi connectivity index (χ4v) is 6.20. The zero-order valence-corrected chi connectivity index (χ0v) is 18.1. The highest BCUT2D eigenvalue weighted by atomic mass is 16.5. The van der Waals surface area contributed by atoms with Gasteiger partial charge < -0.3 is 15.4 Å². The molecular weight excluding hydrogens is 364 g/mol. The largest absolute Gasteiger partial charge is 0.495 e. The predicted octanol–water partition coefficient (Wildman–Crippen LogP) is 4.26. The van der Waals surface area contributed by atoms with Crippen molar-refractivity contribution in [3.8, 4) is 5.75 Å². The minimum absolute atomic E-state index is 0.00346. The standard InChI is InChI=1S/C24H34N2O3/c1-23(2,3)18-5-6-20(29-4)19(10-18)26-21(27)14-25-22(28)24-11-15-7-16(12-24)9-17(8-15)13-24/h5-6,10,15-17H,7-9,11-14H2,1-4H3,(H,25,28)(H,26,27). The number of ether oxygens (including phenoxy) is 1. The van der Waals surface area contributed by atoms with Crippen molar-refractivity contribution in [2.24, 2.45) is 23.2 Å². The Labute approximate surface area is 174 Å². The molecule has 5 heteroatoms. The maximum absolute atomic E-state index is 13.0. The Morgan fingerprint density at radius 3 is 2.17 bits per heavy atom. The number of hydrogen-bond acceptors (Lipinski definition) is 3. The lowest BCUT2D eigenvalue weighted by Crippen LogP contribution is -2.54. The summed E-state index contributed by atoms with van der Waals surface area (Å²) in [6.45, 7) is 6.40. The Morgan fingerprint density at radius 2 is 1.66 bits per heavy atom. The summed E-state index contributed by atoms with van der Waals surface area (Å²) in [5, 5.41) is 5.87. The minimum Gasteiger partial charge on any atom is -0.495 e. The maximum Gasteiger partial charge on any atom is 0.243 e. The number of anilines is 1. The van der Waals surface area contributed by atoms with Crippen LogP contribution in [0, 0.1) is 23.2 Å². The smallest absolute Gasteiger partial charge is 0.243 e. The Morgan fingerprint density at radius 1 is 1.07 bits per heavy atom. The van der Waals surface area contributed by atoms with E-state index in [0.29, 0.717) is 29.2 Å². The summed E-state index contributed by atoms with van der Waals surface area (Å²) in [5.74, 6) is 2.63. The van der Waals surface area contributed by atoms with Crippen LogP contribution in [0.15, 0.2) is 18.2 Å². The monoisotopic (exact) mass is 398 g/mol. The van der Waals surface area contributed by atoms with Gasteiger partial charge in [-0.1, -0.05) is 26.8 Å². The molecule has 0 radical (unpaired) electrons. The molecule has 4 fully saturated rings. The summed E-state index contributed by atoms with van der Waals surface area (Å²) in [4.78, 5) is 25.6. The van der Waals surface area contributed by atoms with Crippen LogP contribution in [0.5, 0.6) is 5.75 Å². The molecule has 4 aliphatic carbocycles. The predicted molar refractivity (Wildman–Crippen MR) is 114 cm³/mol. The van der Waals surface area contributed by atoms with Gasteiger partial charge in [-0.3, -0.25) is 9.59 Å². The second kappa shape index (κ2) is 7.33. The molecule has 29 heavy (non-hydrogen) atoms. The highest BCUT2D eigenvalue weighted by Crippen LogP contribution is 2.60. The molecule has 1 aromatic rings. The number of carbonyl (C=O) groups is 2. The van der Waals surface area contributed by atoms with E-state index in [-0.39, 0.29) is 29.2 Å². The summed E-state index contributed by atoms with van der Waals surface area (Å²) in [6, 6.07) is 5.85. The van der Waals surface area contributed by atoms with Crippen LogP contribution >= 0.6 is 0 Å². The van der Waals surface area contributed by atoms with E-state index in [4.69, 9.17) is 4.74 Å². The third-order valence-electron chi connectivity index (χ3n) is 7.27. The number of carbonyl (C=O) groups excluding carboxylic acids is 2. The molecule has 2 N–H and O–H groups in total. The molecule has 158 valence electrons. The van der Waals surface area contributed by atoms with E-state index >= 15 is 0 Å². The van der Waals surface area contributed by atoms with Crippen molar-refractivity contribution >= 4 is 17.5 Å². The van der Waals surface area contributed by atoms with Crippen LogP contribution in [0.4, 0.5) is 5.69 Å². The van der Waals surface area contributed by atoms with Crippen LogP contribution in [0.25, 0.3) is 0 Å². The van der Waals surface area contributed by atoms with Crippen molar-refractivity contribution in [3.05, 3.63) is 23.8 Å². The number of hydrogen-bond donors (Lipinski definition) is 2. The zero-order chi connectivity index (χ0) is 20.8. The van der Waals surface area contributed by atoms with E-state index in [1.54, 1.807) is 7.11 Å². The van der Waals surface area contributed by atoms with Gasteiger partial charge in [-0.15, -0.1) is 0 Å². The summed E-state index contributed by atoms with van der Waals surface area (Å²) < 4.78 is 5.40. The molecule has 5 rings (SSSR count). The van der Waals surface area contributed by atoms with E-state index in [9.17, 15) is 9.59 Å². The minimum atomic E-state index is -0.223. The van der Waals surface area contributed by atoms with E-state index in [2.05, 4.69) is 31.4 Å². The molecule has 0 spiro atoms. The van der Waals surface area contributed by atoms with E-state index < -0.39 is 0 Å². The second-order valence-corrected chi connectivity index (χ2v) is 10.6. The van der Waals surface area contributed by atoms with Gasteiger partial charge in [-0.05, 0) is 79.4 Å². The summed E-state index contributed by atoms with van der Waals surface area (Å²) in [6.07, 6.45) is 6.93. The van der Waals surface area contributed by atoms with Gasteiger partial charge in [-0.25, -0.2) is 0 Å². The molecule has 0 aliphatic heterocycles. The van der Waals surface area contributed by atoms with Gasteiger partial charge in [0.2, 0.25) is 11.8 Å². The molecule has 0 saturated heterocycles. The zero-order valence-electron chi connectivity index (χ0n) is 18.1. The van der Waals surface area contributed by atoms with Crippen LogP contribution in [0.3, 0.4) is 0 Å². The number of rotatable bonds is 5. The highest BCUT2D eigenvalue weighted by Gasteiger charge is 2.54. The first-order chi connectivity index (χ1) is 13.7. The molecule has 0 atom stereocenters. The molecule has 4 saturated carbocycles. The average Bonchev–Trinajstić information content (AvgIpc) is 2.64. The molecule has 2 amide bonds. The van der Waals surface area contributed by atoms with E-state index in [1.165, 1.54) is 19.3 Å². The Hall–Kier alpha value is -2.04. The first kappa shape index (κ1) is 20.2. The molecule has 4 bridgehead atoms. The Balaban J connectivity index is 1.39. The molecule has 4 aliphatic rings. The fraction of sp³-hybridized carbons (Fsp3) is 0.667. The van der Waals surface area contributed by atoms with Crippen molar-refractivity contribution in [2.75, 3.05) is 19.0 Å². The van der Waals surface area contributed by atoms with Crippen molar-refractivity contribution < 1.29 is 14.3 Å². The third kappa shape index (κ3) is 4.01. The summed E-state index contributed by atoms with van der Waals surface area (Å²) in [5.41, 5.74) is 1.51. The van der Waals surface area contributed by atoms with Crippen LogP contribution in [-0.4, -0.2) is 25.5 Å². The Kier molecular flexibility index (Phi) is 5.12. The van der Waals surface area contributed by atoms with Gasteiger partial charge in [-0.2, -0.15) is 0 Å². The van der Waals surface area contributed by atoms with Crippen molar-refractivity contribution in [1.82, 2.24) is 5.32 Å². The fourth-order valence-electron chi connectivity index (χ4n) is 6.20. The third-order valence-corrected chi connectivity index (χ3v) is 7.27. The first-order valence-corrected chi connectivity index (χ1v) is 11.0. The van der Waals surface area contributed by atoms with Crippen LogP contribution < -0.4 is 15.4 Å². The van der Waals surface area contributed by atoms with Gasteiger partial charge in [0.1, 0.15) is 5.75 Å². The van der Waals surface area contributed by atoms with Gasteiger partial charge >= 0.3 is 0 Å². The average molecular weight is 399 g/mol. The van der Waals surface area contributed by atoms with Gasteiger partial charge in [0.05, 0.1) is 19.3 Å². The lowest BCUT2D eigenvalue weighted by molar-refractivity contribution is -0.146. The van der Waals surface area contributed by atoms with Gasteiger partial charge in [0.15, 0.2) is 0 Å². The van der Waals surface area contributed by atoms with Gasteiger partial charge in [0, 0.05) is 5.41 Å². The summed E-state index contributed by atoms with van der Waals surface area (Å²) >= 11 is 0. The van der Waals surface area contributed by atoms with Gasteiger partial charge in [0.25, 0.3) is 0 Å². The lowest BCUT2D eigenvalue weighted by atomic mass is 9.49. The number of benzene rings is 1. The topological polar surface area (TPSA) is 67.4 Å². The van der Waals surface area contributed by atoms with Crippen LogP contribution in [0.2, 0.25) is 0 Å². The van der Waals surface area contributed by atoms with Crippen LogP contribution in [-0.2, 0) is 15.0 Å². The molecule has 1 aromatic carbocycles. The normalized spacial score (nSPS) is 30.1. The highest BCUT2D eigenvalue weighted by molar-refractivity contribution is 5.96. The van der Waals surface area contributed by atoms with Crippen LogP contribution in [0.1, 0.15) is 64.9 Å². The quantitative estimate of drug-likeness (QED) is 0.779. The Bertz CT molecular complexity index is 774. The SMILES string of the molecule is COc1ccc(C(C)(C)C)cc1NC(=O)CNC(=O)C12CC3CC(CC(C3)C1)C2. The van der Waals surface area contributed by atoms with E-state index in [0.717, 1.165) is 24.8 Å². The number of amides is 2. The molecule has 0 unspecified atom stereocenters. The molecular formula is C24H34N2O3. The van der Waals surface area contributed by atoms with Crippen molar-refractivity contribution in [1.29, 1.82) is 0 Å².